The second-order valence-corrected chi connectivity index (χ2v) is 6.16. The number of halogens is 1. The number of carbonyl (C=O) groups is 1. The first-order valence-electron chi connectivity index (χ1n) is 5.44. The van der Waals surface area contributed by atoms with Crippen molar-refractivity contribution in [2.45, 2.75) is 46.1 Å². The molecule has 0 aliphatic heterocycles. The van der Waals surface area contributed by atoms with Crippen molar-refractivity contribution in [3.63, 3.8) is 0 Å². The lowest BCUT2D eigenvalue weighted by Crippen LogP contribution is -2.27. The number of rotatable bonds is 2. The molecule has 1 aromatic rings. The van der Waals surface area contributed by atoms with Gasteiger partial charge in [-0.15, -0.1) is 0 Å². The van der Waals surface area contributed by atoms with Gasteiger partial charge >= 0.3 is 6.09 Å². The summed E-state index contributed by atoms with van der Waals surface area (Å²) in [6, 6.07) is 0. The molecule has 0 unspecified atom stereocenters. The fourth-order valence-corrected chi connectivity index (χ4v) is 2.21. The van der Waals surface area contributed by atoms with Crippen molar-refractivity contribution in [1.29, 1.82) is 0 Å². The summed E-state index contributed by atoms with van der Waals surface area (Å²) in [4.78, 5) is 11.6. The molecule has 1 rings (SSSR count). The molecule has 0 saturated heterocycles. The molecule has 0 aromatic carbocycles. The fourth-order valence-electron chi connectivity index (χ4n) is 1.21. The van der Waals surface area contributed by atoms with E-state index in [1.165, 1.54) is 0 Å². The van der Waals surface area contributed by atoms with Gasteiger partial charge in [-0.2, -0.15) is 5.10 Å². The van der Waals surface area contributed by atoms with Gasteiger partial charge in [0.15, 0.2) is 5.82 Å². The van der Waals surface area contributed by atoms with Crippen LogP contribution in [0.1, 0.15) is 46.2 Å². The molecule has 1 heterocycles. The van der Waals surface area contributed by atoms with E-state index in [1.54, 1.807) is 0 Å². The summed E-state index contributed by atoms with van der Waals surface area (Å²) in [5.74, 6) is 0.854. The second kappa shape index (κ2) is 5.24. The average molecular weight is 351 g/mol. The molecule has 0 radical (unpaired) electrons. The number of nitrogens with zero attached hydrogens (tertiary/aromatic N) is 1. The first kappa shape index (κ1) is 14.3. The van der Waals surface area contributed by atoms with Crippen LogP contribution in [0.15, 0.2) is 0 Å². The number of carbonyl (C=O) groups excluding carboxylic acids is 1. The van der Waals surface area contributed by atoms with Gasteiger partial charge in [-0.3, -0.25) is 10.4 Å². The summed E-state index contributed by atoms with van der Waals surface area (Å²) >= 11 is 2.16. The maximum Gasteiger partial charge on any atom is 0.413 e. The minimum Gasteiger partial charge on any atom is -0.444 e. The standard InChI is InChI=1S/C11H18IN3O2/c1-6(2)8-7(12)9(15-14-8)13-10(16)17-11(3,4)5/h6H,1-5H3,(H2,13,14,15,16). The maximum absolute atomic E-state index is 11.6. The van der Waals surface area contributed by atoms with Crippen LogP contribution in [0.5, 0.6) is 0 Å². The third kappa shape index (κ3) is 4.18. The molecule has 96 valence electrons. The molecule has 0 saturated carbocycles. The zero-order valence-corrected chi connectivity index (χ0v) is 12.9. The van der Waals surface area contributed by atoms with Gasteiger partial charge in [0, 0.05) is 0 Å². The van der Waals surface area contributed by atoms with Crippen LogP contribution in [0.4, 0.5) is 10.6 Å². The highest BCUT2D eigenvalue weighted by Gasteiger charge is 2.19. The summed E-state index contributed by atoms with van der Waals surface area (Å²) in [7, 11) is 0. The predicted octanol–water partition coefficient (Wildman–Crippen LogP) is 3.48. The molecule has 6 heteroatoms. The quantitative estimate of drug-likeness (QED) is 0.802. The zero-order valence-electron chi connectivity index (χ0n) is 10.7. The number of aromatic nitrogens is 2. The Morgan fingerprint density at radius 1 is 1.47 bits per heavy atom. The average Bonchev–Trinajstić information content (AvgIpc) is 2.44. The third-order valence-corrected chi connectivity index (χ3v) is 3.02. The number of hydrogen-bond acceptors (Lipinski definition) is 3. The molecule has 1 amide bonds. The summed E-state index contributed by atoms with van der Waals surface area (Å²) < 4.78 is 6.08. The topological polar surface area (TPSA) is 67.0 Å². The number of anilines is 1. The molecule has 0 fully saturated rings. The van der Waals surface area contributed by atoms with E-state index in [0.717, 1.165) is 9.26 Å². The van der Waals surface area contributed by atoms with E-state index in [0.29, 0.717) is 11.7 Å². The number of H-pyrrole nitrogens is 1. The first-order chi connectivity index (χ1) is 7.70. The molecule has 5 nitrogen and oxygen atoms in total. The van der Waals surface area contributed by atoms with Crippen LogP contribution >= 0.6 is 22.6 Å². The van der Waals surface area contributed by atoms with Gasteiger partial charge < -0.3 is 4.74 Å². The highest BCUT2D eigenvalue weighted by Crippen LogP contribution is 2.25. The number of hydrogen-bond donors (Lipinski definition) is 2. The van der Waals surface area contributed by atoms with E-state index in [1.807, 2.05) is 20.8 Å². The molecule has 0 bridgehead atoms. The largest absolute Gasteiger partial charge is 0.444 e. The van der Waals surface area contributed by atoms with Crippen molar-refractivity contribution < 1.29 is 9.53 Å². The minimum absolute atomic E-state index is 0.337. The lowest BCUT2D eigenvalue weighted by molar-refractivity contribution is 0.0635. The molecule has 0 aliphatic rings. The second-order valence-electron chi connectivity index (χ2n) is 5.08. The Labute approximate surface area is 115 Å². The first-order valence-corrected chi connectivity index (χ1v) is 6.52. The predicted molar refractivity (Wildman–Crippen MR) is 75.3 cm³/mol. The zero-order chi connectivity index (χ0) is 13.2. The molecule has 1 aromatic heterocycles. The number of aromatic amines is 1. The molecule has 0 atom stereocenters. The van der Waals surface area contributed by atoms with Gasteiger partial charge in [0.05, 0.1) is 9.26 Å². The summed E-state index contributed by atoms with van der Waals surface area (Å²) in [6.45, 7) is 9.59. The molecule has 0 aliphatic carbocycles. The van der Waals surface area contributed by atoms with Crippen LogP contribution in [-0.4, -0.2) is 21.9 Å². The van der Waals surface area contributed by atoms with E-state index in [9.17, 15) is 4.79 Å². The van der Waals surface area contributed by atoms with E-state index in [4.69, 9.17) is 4.74 Å². The highest BCUT2D eigenvalue weighted by molar-refractivity contribution is 14.1. The van der Waals surface area contributed by atoms with Crippen molar-refractivity contribution in [2.75, 3.05) is 5.32 Å². The molecule has 17 heavy (non-hydrogen) atoms. The molecular weight excluding hydrogens is 333 g/mol. The Balaban J connectivity index is 2.73. The van der Waals surface area contributed by atoms with Gasteiger partial charge in [-0.1, -0.05) is 13.8 Å². The third-order valence-electron chi connectivity index (χ3n) is 1.93. The van der Waals surface area contributed by atoms with Gasteiger partial charge in [0.25, 0.3) is 0 Å². The SMILES string of the molecule is CC(C)c1[nH]nc(NC(=O)OC(C)(C)C)c1I. The smallest absolute Gasteiger partial charge is 0.413 e. The number of ether oxygens (including phenoxy) is 1. The van der Waals surface area contributed by atoms with Crippen LogP contribution in [0.2, 0.25) is 0 Å². The Bertz CT molecular complexity index is 407. The normalized spacial score (nSPS) is 11.7. The van der Waals surface area contributed by atoms with Crippen LogP contribution < -0.4 is 5.32 Å². The maximum atomic E-state index is 11.6. The van der Waals surface area contributed by atoms with Crippen molar-refractivity contribution >= 4 is 34.5 Å². The van der Waals surface area contributed by atoms with Crippen molar-refractivity contribution in [2.24, 2.45) is 0 Å². The number of amides is 1. The van der Waals surface area contributed by atoms with Gasteiger partial charge in [0.1, 0.15) is 5.60 Å². The Kier molecular flexibility index (Phi) is 4.40. The van der Waals surface area contributed by atoms with Crippen LogP contribution in [-0.2, 0) is 4.74 Å². The minimum atomic E-state index is -0.507. The van der Waals surface area contributed by atoms with E-state index >= 15 is 0 Å². The fraction of sp³-hybridized carbons (Fsp3) is 0.636. The van der Waals surface area contributed by atoms with Gasteiger partial charge in [-0.25, -0.2) is 4.79 Å². The monoisotopic (exact) mass is 351 g/mol. The van der Waals surface area contributed by atoms with Crippen LogP contribution in [0, 0.1) is 3.57 Å². The van der Waals surface area contributed by atoms with E-state index in [-0.39, 0.29) is 0 Å². The van der Waals surface area contributed by atoms with Gasteiger partial charge in [-0.05, 0) is 49.3 Å². The van der Waals surface area contributed by atoms with E-state index in [2.05, 4.69) is 52.0 Å². The van der Waals surface area contributed by atoms with Crippen molar-refractivity contribution in [3.8, 4) is 0 Å². The lowest BCUT2D eigenvalue weighted by atomic mass is 10.1. The number of nitrogens with one attached hydrogen (secondary N) is 2. The van der Waals surface area contributed by atoms with Crippen LogP contribution in [0.3, 0.4) is 0 Å². The summed E-state index contributed by atoms with van der Waals surface area (Å²) in [5.41, 5.74) is 0.504. The summed E-state index contributed by atoms with van der Waals surface area (Å²) in [5, 5.41) is 9.61. The molecular formula is C11H18IN3O2. The van der Waals surface area contributed by atoms with Gasteiger partial charge in [0.2, 0.25) is 0 Å². The van der Waals surface area contributed by atoms with E-state index < -0.39 is 11.7 Å². The molecule has 0 spiro atoms. The highest BCUT2D eigenvalue weighted by atomic mass is 127. The molecule has 2 N–H and O–H groups in total. The Morgan fingerprint density at radius 2 is 2.06 bits per heavy atom. The van der Waals surface area contributed by atoms with Crippen molar-refractivity contribution in [1.82, 2.24) is 10.2 Å². The Hall–Kier alpha value is -0.790. The lowest BCUT2D eigenvalue weighted by Gasteiger charge is -2.19. The summed E-state index contributed by atoms with van der Waals surface area (Å²) in [6.07, 6.45) is -0.489. The Morgan fingerprint density at radius 3 is 2.47 bits per heavy atom. The van der Waals surface area contributed by atoms with Crippen LogP contribution in [0.25, 0.3) is 0 Å². The van der Waals surface area contributed by atoms with Crippen molar-refractivity contribution in [3.05, 3.63) is 9.26 Å².